The summed E-state index contributed by atoms with van der Waals surface area (Å²) >= 11 is 0. The Labute approximate surface area is 151 Å². The SMILES string of the molecule is CS(=O)(=O)c1cccc(NCc2ccc(N3CCCC3)nc2)c1[N+](=O)[O-]. The number of nitrogens with one attached hydrogen (secondary N) is 1. The van der Waals surface area contributed by atoms with Crippen LogP contribution in [0.5, 0.6) is 0 Å². The summed E-state index contributed by atoms with van der Waals surface area (Å²) in [6.07, 6.45) is 5.03. The summed E-state index contributed by atoms with van der Waals surface area (Å²) in [7, 11) is -3.70. The van der Waals surface area contributed by atoms with Crippen molar-refractivity contribution >= 4 is 27.0 Å². The molecule has 8 nitrogen and oxygen atoms in total. The molecule has 0 unspecified atom stereocenters. The highest BCUT2D eigenvalue weighted by molar-refractivity contribution is 7.90. The number of nitrogens with zero attached hydrogens (tertiary/aromatic N) is 3. The quantitative estimate of drug-likeness (QED) is 0.610. The van der Waals surface area contributed by atoms with Gasteiger partial charge in [-0.3, -0.25) is 10.1 Å². The number of aromatic nitrogens is 1. The Morgan fingerprint density at radius 3 is 2.54 bits per heavy atom. The van der Waals surface area contributed by atoms with E-state index in [1.165, 1.54) is 31.0 Å². The zero-order valence-corrected chi connectivity index (χ0v) is 15.2. The van der Waals surface area contributed by atoms with Crippen molar-refractivity contribution in [2.75, 3.05) is 29.6 Å². The molecule has 138 valence electrons. The maximum Gasteiger partial charge on any atom is 0.310 e. The van der Waals surface area contributed by atoms with Crippen LogP contribution in [0.25, 0.3) is 0 Å². The van der Waals surface area contributed by atoms with Crippen LogP contribution in [-0.2, 0) is 16.4 Å². The molecule has 26 heavy (non-hydrogen) atoms. The first-order valence-corrected chi connectivity index (χ1v) is 10.2. The van der Waals surface area contributed by atoms with Crippen LogP contribution in [-0.4, -0.2) is 37.7 Å². The summed E-state index contributed by atoms with van der Waals surface area (Å²) in [5.74, 6) is 0.927. The van der Waals surface area contributed by atoms with Gasteiger partial charge in [0.25, 0.3) is 0 Å². The first-order valence-electron chi connectivity index (χ1n) is 8.27. The maximum atomic E-state index is 11.8. The lowest BCUT2D eigenvalue weighted by molar-refractivity contribution is -0.386. The van der Waals surface area contributed by atoms with Crippen molar-refractivity contribution in [2.24, 2.45) is 0 Å². The Balaban J connectivity index is 1.78. The minimum Gasteiger partial charge on any atom is -0.375 e. The Kier molecular flexibility index (Phi) is 5.08. The van der Waals surface area contributed by atoms with Gasteiger partial charge in [-0.2, -0.15) is 0 Å². The van der Waals surface area contributed by atoms with Crippen molar-refractivity contribution < 1.29 is 13.3 Å². The van der Waals surface area contributed by atoms with E-state index in [1.807, 2.05) is 12.1 Å². The Morgan fingerprint density at radius 1 is 1.23 bits per heavy atom. The molecular formula is C17H20N4O4S. The van der Waals surface area contributed by atoms with Crippen molar-refractivity contribution in [2.45, 2.75) is 24.3 Å². The second-order valence-electron chi connectivity index (χ2n) is 6.25. The molecule has 1 aromatic carbocycles. The number of nitro groups is 1. The number of hydrogen-bond acceptors (Lipinski definition) is 7. The average Bonchev–Trinajstić information content (AvgIpc) is 3.13. The lowest BCUT2D eigenvalue weighted by Crippen LogP contribution is -2.18. The van der Waals surface area contributed by atoms with Gasteiger partial charge in [0.1, 0.15) is 16.4 Å². The number of sulfone groups is 1. The van der Waals surface area contributed by atoms with Crippen LogP contribution < -0.4 is 10.2 Å². The van der Waals surface area contributed by atoms with E-state index in [-0.39, 0.29) is 10.6 Å². The predicted octanol–water partition coefficient (Wildman–Crippen LogP) is 2.61. The topological polar surface area (TPSA) is 105 Å². The lowest BCUT2D eigenvalue weighted by atomic mass is 10.2. The van der Waals surface area contributed by atoms with Crippen LogP contribution in [0, 0.1) is 10.1 Å². The molecule has 0 bridgehead atoms. The summed E-state index contributed by atoms with van der Waals surface area (Å²) in [5.41, 5.74) is 0.588. The standard InChI is InChI=1S/C17H20N4O4S/c1-26(24,25)15-6-4-5-14(17(15)21(22)23)18-11-13-7-8-16(19-12-13)20-9-2-3-10-20/h4-8,12,18H,2-3,9-11H2,1H3. The molecule has 1 fully saturated rings. The molecule has 0 saturated carbocycles. The van der Waals surface area contributed by atoms with Gasteiger partial charge in [0.2, 0.25) is 0 Å². The van der Waals surface area contributed by atoms with Crippen molar-refractivity contribution in [1.82, 2.24) is 4.98 Å². The van der Waals surface area contributed by atoms with E-state index in [2.05, 4.69) is 15.2 Å². The molecule has 2 aromatic rings. The van der Waals surface area contributed by atoms with Crippen molar-refractivity contribution in [1.29, 1.82) is 0 Å². The van der Waals surface area contributed by atoms with Gasteiger partial charge in [0.05, 0.1) is 4.92 Å². The fourth-order valence-corrected chi connectivity index (χ4v) is 3.87. The van der Waals surface area contributed by atoms with Gasteiger partial charge in [-0.15, -0.1) is 0 Å². The molecule has 1 aliphatic rings. The van der Waals surface area contributed by atoms with Crippen molar-refractivity contribution in [3.8, 4) is 0 Å². The highest BCUT2D eigenvalue weighted by Gasteiger charge is 2.26. The molecule has 1 aromatic heterocycles. The first kappa shape index (κ1) is 18.1. The van der Waals surface area contributed by atoms with Crippen LogP contribution >= 0.6 is 0 Å². The van der Waals surface area contributed by atoms with Gasteiger partial charge in [-0.25, -0.2) is 13.4 Å². The number of pyridine rings is 1. The van der Waals surface area contributed by atoms with Crippen LogP contribution in [0.3, 0.4) is 0 Å². The first-order chi connectivity index (χ1) is 12.4. The molecule has 0 radical (unpaired) electrons. The largest absolute Gasteiger partial charge is 0.375 e. The lowest BCUT2D eigenvalue weighted by Gasteiger charge is -2.16. The second-order valence-corrected chi connectivity index (χ2v) is 8.24. The monoisotopic (exact) mass is 376 g/mol. The summed E-state index contributed by atoms with van der Waals surface area (Å²) in [6.45, 7) is 2.32. The molecular weight excluding hydrogens is 356 g/mol. The molecule has 0 amide bonds. The van der Waals surface area contributed by atoms with Gasteiger partial charge in [-0.1, -0.05) is 12.1 Å². The van der Waals surface area contributed by atoms with Gasteiger partial charge in [0, 0.05) is 32.1 Å². The van der Waals surface area contributed by atoms with Gasteiger partial charge >= 0.3 is 5.69 Å². The van der Waals surface area contributed by atoms with E-state index in [9.17, 15) is 18.5 Å². The minimum atomic E-state index is -3.70. The summed E-state index contributed by atoms with van der Waals surface area (Å²) in [5, 5.41) is 14.3. The summed E-state index contributed by atoms with van der Waals surface area (Å²) in [6, 6.07) is 8.08. The van der Waals surface area contributed by atoms with Crippen LogP contribution in [0.4, 0.5) is 17.2 Å². The van der Waals surface area contributed by atoms with Gasteiger partial charge in [-0.05, 0) is 36.6 Å². The van der Waals surface area contributed by atoms with E-state index >= 15 is 0 Å². The number of rotatable bonds is 6. The highest BCUT2D eigenvalue weighted by atomic mass is 32.2. The molecule has 1 N–H and O–H groups in total. The van der Waals surface area contributed by atoms with Gasteiger partial charge in [0.15, 0.2) is 9.84 Å². The molecule has 0 atom stereocenters. The summed E-state index contributed by atoms with van der Waals surface area (Å²) < 4.78 is 23.6. The Bertz CT molecular complexity index is 907. The number of benzene rings is 1. The van der Waals surface area contributed by atoms with E-state index in [0.29, 0.717) is 6.54 Å². The number of anilines is 2. The van der Waals surface area contributed by atoms with Gasteiger partial charge < -0.3 is 10.2 Å². The Hall–Kier alpha value is -2.68. The molecule has 1 saturated heterocycles. The molecule has 3 rings (SSSR count). The molecule has 9 heteroatoms. The smallest absolute Gasteiger partial charge is 0.310 e. The zero-order valence-electron chi connectivity index (χ0n) is 14.4. The molecule has 2 heterocycles. The zero-order chi connectivity index (χ0) is 18.7. The third-order valence-electron chi connectivity index (χ3n) is 4.30. The summed E-state index contributed by atoms with van der Waals surface area (Å²) in [4.78, 5) is 17.1. The Morgan fingerprint density at radius 2 is 1.96 bits per heavy atom. The molecule has 0 aliphatic carbocycles. The number of para-hydroxylation sites is 1. The average molecular weight is 376 g/mol. The van der Waals surface area contributed by atoms with E-state index in [4.69, 9.17) is 0 Å². The molecule has 1 aliphatic heterocycles. The minimum absolute atomic E-state index is 0.168. The van der Waals surface area contributed by atoms with E-state index in [1.54, 1.807) is 6.20 Å². The maximum absolute atomic E-state index is 11.8. The third kappa shape index (κ3) is 3.93. The predicted molar refractivity (Wildman–Crippen MR) is 99.2 cm³/mol. The fraction of sp³-hybridized carbons (Fsp3) is 0.353. The normalized spacial score (nSPS) is 14.4. The highest BCUT2D eigenvalue weighted by Crippen LogP contribution is 2.32. The second kappa shape index (κ2) is 7.28. The fourth-order valence-electron chi connectivity index (χ4n) is 3.00. The van der Waals surface area contributed by atoms with E-state index < -0.39 is 20.4 Å². The number of nitro benzene ring substituents is 1. The number of hydrogen-bond donors (Lipinski definition) is 1. The molecule has 0 spiro atoms. The van der Waals surface area contributed by atoms with Crippen LogP contribution in [0.2, 0.25) is 0 Å². The van der Waals surface area contributed by atoms with Crippen LogP contribution in [0.15, 0.2) is 41.4 Å². The third-order valence-corrected chi connectivity index (χ3v) is 5.43. The van der Waals surface area contributed by atoms with Crippen molar-refractivity contribution in [3.05, 3.63) is 52.2 Å². The van der Waals surface area contributed by atoms with Crippen molar-refractivity contribution in [3.63, 3.8) is 0 Å². The van der Waals surface area contributed by atoms with Crippen LogP contribution in [0.1, 0.15) is 18.4 Å². The van der Waals surface area contributed by atoms with E-state index in [0.717, 1.165) is 30.7 Å².